The Kier molecular flexibility index (Phi) is 3.32. The molecular formula is C9H14O. The highest BCUT2D eigenvalue weighted by Gasteiger charge is 2.11. The van der Waals surface area contributed by atoms with Gasteiger partial charge in [0.25, 0.3) is 0 Å². The number of ether oxygens (including phenoxy) is 1. The van der Waals surface area contributed by atoms with Gasteiger partial charge in [0.2, 0.25) is 0 Å². The van der Waals surface area contributed by atoms with Crippen molar-refractivity contribution in [3.63, 3.8) is 0 Å². The summed E-state index contributed by atoms with van der Waals surface area (Å²) in [7, 11) is 0. The third-order valence-electron chi connectivity index (χ3n) is 2.04. The summed E-state index contributed by atoms with van der Waals surface area (Å²) in [5, 5.41) is 0. The first-order valence-electron chi connectivity index (χ1n) is 3.94. The van der Waals surface area contributed by atoms with E-state index in [1.165, 1.54) is 19.3 Å². The highest BCUT2D eigenvalue weighted by molar-refractivity contribution is 4.84. The van der Waals surface area contributed by atoms with Gasteiger partial charge < -0.3 is 4.74 Å². The van der Waals surface area contributed by atoms with Gasteiger partial charge in [-0.05, 0) is 25.2 Å². The molecule has 0 aromatic carbocycles. The van der Waals surface area contributed by atoms with E-state index in [-0.39, 0.29) is 0 Å². The molecule has 0 spiro atoms. The summed E-state index contributed by atoms with van der Waals surface area (Å²) in [5.74, 6) is 3.51. The third kappa shape index (κ3) is 2.41. The van der Waals surface area contributed by atoms with E-state index in [0.717, 1.165) is 25.6 Å². The summed E-state index contributed by atoms with van der Waals surface area (Å²) in [6.45, 7) is 1.88. The van der Waals surface area contributed by atoms with Crippen molar-refractivity contribution in [2.24, 2.45) is 5.92 Å². The van der Waals surface area contributed by atoms with Gasteiger partial charge in [-0.1, -0.05) is 0 Å². The smallest absolute Gasteiger partial charge is 0.0468 e. The van der Waals surface area contributed by atoms with Crippen molar-refractivity contribution in [3.05, 3.63) is 0 Å². The fourth-order valence-electron chi connectivity index (χ4n) is 1.32. The van der Waals surface area contributed by atoms with Crippen molar-refractivity contribution in [1.82, 2.24) is 0 Å². The molecule has 1 aliphatic heterocycles. The number of terminal acetylenes is 1. The van der Waals surface area contributed by atoms with Gasteiger partial charge in [-0.3, -0.25) is 0 Å². The second kappa shape index (κ2) is 4.35. The molecule has 1 saturated heterocycles. The Labute approximate surface area is 62.8 Å². The minimum Gasteiger partial charge on any atom is -0.381 e. The minimum atomic E-state index is 0.838. The Morgan fingerprint density at radius 3 is 2.70 bits per heavy atom. The molecule has 0 amide bonds. The lowest BCUT2D eigenvalue weighted by Crippen LogP contribution is -2.15. The molecule has 56 valence electrons. The topological polar surface area (TPSA) is 9.23 Å². The van der Waals surface area contributed by atoms with Crippen molar-refractivity contribution >= 4 is 0 Å². The summed E-state index contributed by atoms with van der Waals surface area (Å²) in [4.78, 5) is 0. The van der Waals surface area contributed by atoms with Crippen molar-refractivity contribution in [1.29, 1.82) is 0 Å². The second-order valence-electron chi connectivity index (χ2n) is 2.80. The average Bonchev–Trinajstić information content (AvgIpc) is 2.03. The molecule has 1 rings (SSSR count). The predicted octanol–water partition coefficient (Wildman–Crippen LogP) is 1.83. The average molecular weight is 138 g/mol. The van der Waals surface area contributed by atoms with Crippen LogP contribution in [0.3, 0.4) is 0 Å². The zero-order chi connectivity index (χ0) is 7.23. The van der Waals surface area contributed by atoms with Crippen LogP contribution in [0.1, 0.15) is 25.7 Å². The molecule has 0 radical (unpaired) electrons. The summed E-state index contributed by atoms with van der Waals surface area (Å²) in [6, 6.07) is 0. The molecule has 0 aliphatic carbocycles. The van der Waals surface area contributed by atoms with E-state index in [2.05, 4.69) is 5.92 Å². The van der Waals surface area contributed by atoms with Gasteiger partial charge in [0.15, 0.2) is 0 Å². The fraction of sp³-hybridized carbons (Fsp3) is 0.778. The van der Waals surface area contributed by atoms with Crippen LogP contribution in [0.4, 0.5) is 0 Å². The third-order valence-corrected chi connectivity index (χ3v) is 2.04. The molecule has 1 nitrogen and oxygen atoms in total. The normalized spacial score (nSPS) is 20.3. The molecule has 0 bridgehead atoms. The van der Waals surface area contributed by atoms with Crippen LogP contribution in [-0.2, 0) is 4.74 Å². The first kappa shape index (κ1) is 7.63. The molecule has 10 heavy (non-hydrogen) atoms. The van der Waals surface area contributed by atoms with Gasteiger partial charge >= 0.3 is 0 Å². The van der Waals surface area contributed by atoms with E-state index >= 15 is 0 Å². The van der Waals surface area contributed by atoms with Gasteiger partial charge in [-0.2, -0.15) is 0 Å². The van der Waals surface area contributed by atoms with Gasteiger partial charge in [0.1, 0.15) is 0 Å². The van der Waals surface area contributed by atoms with Crippen LogP contribution in [-0.4, -0.2) is 13.2 Å². The van der Waals surface area contributed by atoms with Gasteiger partial charge in [-0.25, -0.2) is 0 Å². The van der Waals surface area contributed by atoms with Crippen molar-refractivity contribution in [3.8, 4) is 12.3 Å². The molecule has 0 saturated carbocycles. The van der Waals surface area contributed by atoms with E-state index in [1.807, 2.05) is 0 Å². The Balaban J connectivity index is 2.09. The van der Waals surface area contributed by atoms with Crippen molar-refractivity contribution < 1.29 is 4.74 Å². The maximum absolute atomic E-state index is 5.23. The predicted molar refractivity (Wildman–Crippen MR) is 41.6 cm³/mol. The quantitative estimate of drug-likeness (QED) is 0.529. The van der Waals surface area contributed by atoms with Gasteiger partial charge in [0.05, 0.1) is 0 Å². The van der Waals surface area contributed by atoms with Crippen LogP contribution in [0.25, 0.3) is 0 Å². The molecule has 0 unspecified atom stereocenters. The fourth-order valence-corrected chi connectivity index (χ4v) is 1.32. The zero-order valence-electron chi connectivity index (χ0n) is 6.31. The lowest BCUT2D eigenvalue weighted by molar-refractivity contribution is 0.0644. The van der Waals surface area contributed by atoms with Crippen molar-refractivity contribution in [2.75, 3.05) is 13.2 Å². The van der Waals surface area contributed by atoms with E-state index < -0.39 is 0 Å². The molecule has 0 N–H and O–H groups in total. The van der Waals surface area contributed by atoms with E-state index in [1.54, 1.807) is 0 Å². The Bertz CT molecular complexity index is 117. The number of hydrogen-bond acceptors (Lipinski definition) is 1. The Hall–Kier alpha value is -0.480. The summed E-state index contributed by atoms with van der Waals surface area (Å²) in [6.07, 6.45) is 9.71. The standard InChI is InChI=1S/C9H14O/c1-2-3-4-9-5-7-10-8-6-9/h1,9H,3-8H2. The number of hydrogen-bond donors (Lipinski definition) is 0. The van der Waals surface area contributed by atoms with Crippen LogP contribution in [0.15, 0.2) is 0 Å². The Morgan fingerprint density at radius 2 is 2.10 bits per heavy atom. The maximum atomic E-state index is 5.23. The van der Waals surface area contributed by atoms with E-state index in [9.17, 15) is 0 Å². The first-order valence-corrected chi connectivity index (χ1v) is 3.94. The van der Waals surface area contributed by atoms with E-state index in [4.69, 9.17) is 11.2 Å². The molecule has 0 aromatic heterocycles. The maximum Gasteiger partial charge on any atom is 0.0468 e. The van der Waals surface area contributed by atoms with Crippen LogP contribution in [0.5, 0.6) is 0 Å². The lowest BCUT2D eigenvalue weighted by atomic mass is 9.95. The molecule has 1 aliphatic rings. The van der Waals surface area contributed by atoms with Crippen LogP contribution in [0, 0.1) is 18.3 Å². The van der Waals surface area contributed by atoms with Crippen LogP contribution in [0.2, 0.25) is 0 Å². The molecule has 1 fully saturated rings. The molecule has 0 aromatic rings. The van der Waals surface area contributed by atoms with Gasteiger partial charge in [0, 0.05) is 19.6 Å². The highest BCUT2D eigenvalue weighted by Crippen LogP contribution is 2.19. The largest absolute Gasteiger partial charge is 0.381 e. The second-order valence-corrected chi connectivity index (χ2v) is 2.80. The summed E-state index contributed by atoms with van der Waals surface area (Å²) in [5.41, 5.74) is 0. The Morgan fingerprint density at radius 1 is 1.40 bits per heavy atom. The van der Waals surface area contributed by atoms with Crippen molar-refractivity contribution in [2.45, 2.75) is 25.7 Å². The van der Waals surface area contributed by atoms with Crippen LogP contribution < -0.4 is 0 Å². The number of rotatable bonds is 2. The lowest BCUT2D eigenvalue weighted by Gasteiger charge is -2.20. The summed E-state index contributed by atoms with van der Waals surface area (Å²) >= 11 is 0. The zero-order valence-corrected chi connectivity index (χ0v) is 6.31. The monoisotopic (exact) mass is 138 g/mol. The van der Waals surface area contributed by atoms with Gasteiger partial charge in [-0.15, -0.1) is 12.3 Å². The SMILES string of the molecule is C#CCCC1CCOCC1. The molecule has 1 heteroatoms. The molecular weight excluding hydrogens is 124 g/mol. The first-order chi connectivity index (χ1) is 4.93. The van der Waals surface area contributed by atoms with Crippen LogP contribution >= 0.6 is 0 Å². The summed E-state index contributed by atoms with van der Waals surface area (Å²) < 4.78 is 5.23. The highest BCUT2D eigenvalue weighted by atomic mass is 16.5. The molecule has 1 heterocycles. The molecule has 0 atom stereocenters. The van der Waals surface area contributed by atoms with E-state index in [0.29, 0.717) is 0 Å². The minimum absolute atomic E-state index is 0.838.